The van der Waals surface area contributed by atoms with Gasteiger partial charge in [-0.05, 0) is 34.1 Å². The second kappa shape index (κ2) is 5.85. The molecule has 1 amide bonds. The van der Waals surface area contributed by atoms with Crippen molar-refractivity contribution < 1.29 is 9.53 Å². The Kier molecular flexibility index (Phi) is 4.38. The standard InChI is InChI=1S/C12H14BrN3O2S/c13-9-5-7(1-2-8(9)12(15)19)16-3-4-18-6-10(16)11(14)17/h1-2,5,10H,3-4,6H2,(H2,14,17)(H2,15,19). The van der Waals surface area contributed by atoms with E-state index in [1.54, 1.807) is 0 Å². The number of halogens is 1. The molecule has 0 saturated carbocycles. The maximum absolute atomic E-state index is 11.4. The lowest BCUT2D eigenvalue weighted by atomic mass is 10.1. The highest BCUT2D eigenvalue weighted by molar-refractivity contribution is 9.10. The van der Waals surface area contributed by atoms with Crippen LogP contribution in [0.5, 0.6) is 0 Å². The number of nitrogens with zero attached hydrogens (tertiary/aromatic N) is 1. The molecule has 1 fully saturated rings. The van der Waals surface area contributed by atoms with Gasteiger partial charge in [-0.2, -0.15) is 0 Å². The van der Waals surface area contributed by atoms with Gasteiger partial charge < -0.3 is 21.1 Å². The molecule has 0 aliphatic carbocycles. The van der Waals surface area contributed by atoms with Crippen molar-refractivity contribution in [1.29, 1.82) is 0 Å². The largest absolute Gasteiger partial charge is 0.389 e. The van der Waals surface area contributed by atoms with Crippen molar-refractivity contribution in [2.24, 2.45) is 11.5 Å². The van der Waals surface area contributed by atoms with Crippen LogP contribution >= 0.6 is 28.1 Å². The lowest BCUT2D eigenvalue weighted by molar-refractivity contribution is -0.121. The maximum Gasteiger partial charge on any atom is 0.242 e. The number of benzene rings is 1. The van der Waals surface area contributed by atoms with Gasteiger partial charge in [0, 0.05) is 22.3 Å². The van der Waals surface area contributed by atoms with Gasteiger partial charge >= 0.3 is 0 Å². The van der Waals surface area contributed by atoms with E-state index in [0.29, 0.717) is 24.7 Å². The van der Waals surface area contributed by atoms with Crippen LogP contribution in [0.4, 0.5) is 5.69 Å². The molecule has 4 N–H and O–H groups in total. The van der Waals surface area contributed by atoms with E-state index in [0.717, 1.165) is 15.7 Å². The molecule has 0 bridgehead atoms. The highest BCUT2D eigenvalue weighted by atomic mass is 79.9. The number of thiocarbonyl (C=S) groups is 1. The molecule has 1 aromatic rings. The molecule has 2 rings (SSSR count). The molecule has 0 aromatic heterocycles. The first-order valence-corrected chi connectivity index (χ1v) is 6.94. The van der Waals surface area contributed by atoms with Crippen molar-refractivity contribution in [3.63, 3.8) is 0 Å². The van der Waals surface area contributed by atoms with Gasteiger partial charge in [-0.1, -0.05) is 12.2 Å². The third kappa shape index (κ3) is 3.05. The summed E-state index contributed by atoms with van der Waals surface area (Å²) in [7, 11) is 0. The van der Waals surface area contributed by atoms with E-state index in [1.165, 1.54) is 0 Å². The van der Waals surface area contributed by atoms with Crippen LogP contribution < -0.4 is 16.4 Å². The number of carbonyl (C=O) groups is 1. The molecule has 1 aliphatic heterocycles. The Morgan fingerprint density at radius 3 is 2.79 bits per heavy atom. The summed E-state index contributed by atoms with van der Waals surface area (Å²) >= 11 is 8.38. The summed E-state index contributed by atoms with van der Waals surface area (Å²) in [5, 5.41) is 0. The van der Waals surface area contributed by atoms with Crippen LogP contribution in [0.2, 0.25) is 0 Å². The first-order valence-electron chi connectivity index (χ1n) is 5.73. The van der Waals surface area contributed by atoms with Gasteiger partial charge in [0.15, 0.2) is 0 Å². The fraction of sp³-hybridized carbons (Fsp3) is 0.333. The molecule has 1 unspecified atom stereocenters. The van der Waals surface area contributed by atoms with Crippen LogP contribution in [-0.2, 0) is 9.53 Å². The van der Waals surface area contributed by atoms with Crippen molar-refractivity contribution in [2.45, 2.75) is 6.04 Å². The van der Waals surface area contributed by atoms with Crippen LogP contribution in [0.15, 0.2) is 22.7 Å². The fourth-order valence-electron chi connectivity index (χ4n) is 2.03. The molecule has 19 heavy (non-hydrogen) atoms. The van der Waals surface area contributed by atoms with Crippen molar-refractivity contribution in [3.05, 3.63) is 28.2 Å². The molecule has 1 heterocycles. The third-order valence-electron chi connectivity index (χ3n) is 3.01. The Morgan fingerprint density at radius 2 is 2.21 bits per heavy atom. The lowest BCUT2D eigenvalue weighted by Crippen LogP contribution is -2.52. The van der Waals surface area contributed by atoms with Gasteiger partial charge in [0.1, 0.15) is 11.0 Å². The average Bonchev–Trinajstić information content (AvgIpc) is 2.38. The monoisotopic (exact) mass is 343 g/mol. The van der Waals surface area contributed by atoms with Crippen molar-refractivity contribution in [2.75, 3.05) is 24.7 Å². The van der Waals surface area contributed by atoms with Crippen molar-refractivity contribution in [1.82, 2.24) is 0 Å². The van der Waals surface area contributed by atoms with Gasteiger partial charge in [-0.25, -0.2) is 0 Å². The molecule has 1 aromatic carbocycles. The number of amides is 1. The summed E-state index contributed by atoms with van der Waals surface area (Å²) in [6.45, 7) is 1.49. The number of nitrogens with two attached hydrogens (primary N) is 2. The zero-order chi connectivity index (χ0) is 14.0. The first-order chi connectivity index (χ1) is 9.00. The third-order valence-corrected chi connectivity index (χ3v) is 3.88. The average molecular weight is 344 g/mol. The normalized spacial score (nSPS) is 19.2. The van der Waals surface area contributed by atoms with Crippen LogP contribution in [0.1, 0.15) is 5.56 Å². The van der Waals surface area contributed by atoms with Gasteiger partial charge in [0.25, 0.3) is 0 Å². The van der Waals surface area contributed by atoms with E-state index >= 15 is 0 Å². The van der Waals surface area contributed by atoms with Crippen LogP contribution in [0.25, 0.3) is 0 Å². The molecule has 1 saturated heterocycles. The maximum atomic E-state index is 11.4. The number of hydrogen-bond acceptors (Lipinski definition) is 4. The van der Waals surface area contributed by atoms with E-state index in [9.17, 15) is 4.79 Å². The Balaban J connectivity index is 2.32. The van der Waals surface area contributed by atoms with Gasteiger partial charge in [-0.3, -0.25) is 4.79 Å². The molecule has 0 spiro atoms. The van der Waals surface area contributed by atoms with Crippen LogP contribution in [0, 0.1) is 0 Å². The summed E-state index contributed by atoms with van der Waals surface area (Å²) in [5.74, 6) is -0.394. The van der Waals surface area contributed by atoms with E-state index in [-0.39, 0.29) is 0 Å². The molecule has 0 radical (unpaired) electrons. The van der Waals surface area contributed by atoms with E-state index in [4.69, 9.17) is 28.4 Å². The molecule has 102 valence electrons. The Morgan fingerprint density at radius 1 is 1.47 bits per heavy atom. The minimum Gasteiger partial charge on any atom is -0.389 e. The smallest absolute Gasteiger partial charge is 0.242 e. The second-order valence-electron chi connectivity index (χ2n) is 4.21. The van der Waals surface area contributed by atoms with E-state index < -0.39 is 11.9 Å². The second-order valence-corrected chi connectivity index (χ2v) is 5.51. The SMILES string of the molecule is NC(=O)C1COCCN1c1ccc(C(N)=S)c(Br)c1. The summed E-state index contributed by atoms with van der Waals surface area (Å²) in [6.07, 6.45) is 0. The zero-order valence-electron chi connectivity index (χ0n) is 10.1. The molecule has 7 heteroatoms. The number of anilines is 1. The predicted molar refractivity (Wildman–Crippen MR) is 81.2 cm³/mol. The number of morpholine rings is 1. The van der Waals surface area contributed by atoms with Gasteiger partial charge in [0.05, 0.1) is 13.2 Å². The number of primary amides is 1. The van der Waals surface area contributed by atoms with E-state index in [2.05, 4.69) is 15.9 Å². The summed E-state index contributed by atoms with van der Waals surface area (Å²) < 4.78 is 6.09. The molecule has 1 atom stereocenters. The summed E-state index contributed by atoms with van der Waals surface area (Å²) in [4.78, 5) is 13.7. The van der Waals surface area contributed by atoms with Crippen molar-refractivity contribution in [3.8, 4) is 0 Å². The predicted octanol–water partition coefficient (Wildman–Crippen LogP) is 0.774. The molecular weight excluding hydrogens is 330 g/mol. The van der Waals surface area contributed by atoms with Gasteiger partial charge in [-0.15, -0.1) is 0 Å². The molecular formula is C12H14BrN3O2S. The summed E-state index contributed by atoms with van der Waals surface area (Å²) in [5.41, 5.74) is 12.7. The Bertz CT molecular complexity index is 524. The van der Waals surface area contributed by atoms with Gasteiger partial charge in [0.2, 0.25) is 5.91 Å². The van der Waals surface area contributed by atoms with Crippen molar-refractivity contribution >= 4 is 44.7 Å². The van der Waals surface area contributed by atoms with Crippen LogP contribution in [0.3, 0.4) is 0 Å². The zero-order valence-corrected chi connectivity index (χ0v) is 12.5. The number of ether oxygens (including phenoxy) is 1. The fourth-order valence-corrected chi connectivity index (χ4v) is 2.92. The van der Waals surface area contributed by atoms with Crippen LogP contribution in [-0.4, -0.2) is 36.7 Å². The highest BCUT2D eigenvalue weighted by Gasteiger charge is 2.28. The number of rotatable bonds is 3. The first kappa shape index (κ1) is 14.2. The Hall–Kier alpha value is -1.18. The number of carbonyl (C=O) groups excluding carboxylic acids is 1. The summed E-state index contributed by atoms with van der Waals surface area (Å²) in [6, 6.07) is 5.14. The minimum atomic E-state index is -0.448. The quantitative estimate of drug-likeness (QED) is 0.792. The lowest BCUT2D eigenvalue weighted by Gasteiger charge is -2.35. The Labute approximate surface area is 125 Å². The van der Waals surface area contributed by atoms with E-state index in [1.807, 2.05) is 23.1 Å². The number of hydrogen-bond donors (Lipinski definition) is 2. The molecule has 5 nitrogen and oxygen atoms in total. The highest BCUT2D eigenvalue weighted by Crippen LogP contribution is 2.26. The topological polar surface area (TPSA) is 81.6 Å². The molecule has 1 aliphatic rings. The minimum absolute atomic E-state index is 0.310.